The highest BCUT2D eigenvalue weighted by Gasteiger charge is 2.10. The topological polar surface area (TPSA) is 17.1 Å². The van der Waals surface area contributed by atoms with Gasteiger partial charge in [0.1, 0.15) is 0 Å². The molecule has 1 aliphatic rings. The molecule has 0 heterocycles. The number of Topliss-reactive ketones (excluding diaryl/α,β-unsaturated/α-hetero) is 1. The van der Waals surface area contributed by atoms with Gasteiger partial charge in [-0.3, -0.25) is 4.79 Å². The van der Waals surface area contributed by atoms with Gasteiger partial charge in [0.2, 0.25) is 0 Å². The van der Waals surface area contributed by atoms with E-state index in [1.807, 2.05) is 36.4 Å². The molecule has 0 N–H and O–H groups in total. The molecule has 0 atom stereocenters. The Balaban J connectivity index is 2.63. The standard InChI is InChI=1S/C10H8O/c11-10-7-3-5-8-4-1-2-6-9(8)10/h1-6H,7H2. The van der Waals surface area contributed by atoms with Gasteiger partial charge < -0.3 is 0 Å². The highest BCUT2D eigenvalue weighted by atomic mass is 16.1. The molecule has 1 nitrogen and oxygen atoms in total. The number of rotatable bonds is 0. The van der Waals surface area contributed by atoms with Crippen molar-refractivity contribution in [3.05, 3.63) is 41.5 Å². The minimum Gasteiger partial charge on any atom is -0.294 e. The molecule has 1 aliphatic carbocycles. The molecule has 0 radical (unpaired) electrons. The molecule has 0 amide bonds. The first-order chi connectivity index (χ1) is 5.38. The van der Waals surface area contributed by atoms with Crippen molar-refractivity contribution in [1.82, 2.24) is 0 Å². The van der Waals surface area contributed by atoms with Gasteiger partial charge in [0.25, 0.3) is 0 Å². The molecular formula is C10H8O. The summed E-state index contributed by atoms with van der Waals surface area (Å²) >= 11 is 0. The summed E-state index contributed by atoms with van der Waals surface area (Å²) in [4.78, 5) is 11.2. The number of hydrogen-bond donors (Lipinski definition) is 0. The Morgan fingerprint density at radius 3 is 2.82 bits per heavy atom. The molecule has 0 fully saturated rings. The van der Waals surface area contributed by atoms with E-state index in [-0.39, 0.29) is 5.78 Å². The van der Waals surface area contributed by atoms with Crippen LogP contribution in [0.15, 0.2) is 30.3 Å². The maximum absolute atomic E-state index is 11.2. The summed E-state index contributed by atoms with van der Waals surface area (Å²) in [7, 11) is 0. The third kappa shape index (κ3) is 0.984. The van der Waals surface area contributed by atoms with Crippen molar-refractivity contribution >= 4 is 11.9 Å². The van der Waals surface area contributed by atoms with Gasteiger partial charge >= 0.3 is 0 Å². The van der Waals surface area contributed by atoms with Gasteiger partial charge in [0.05, 0.1) is 0 Å². The van der Waals surface area contributed by atoms with E-state index >= 15 is 0 Å². The zero-order valence-electron chi connectivity index (χ0n) is 6.08. The molecule has 0 aromatic heterocycles. The van der Waals surface area contributed by atoms with Gasteiger partial charge in [-0.25, -0.2) is 0 Å². The van der Waals surface area contributed by atoms with E-state index in [1.54, 1.807) is 0 Å². The largest absolute Gasteiger partial charge is 0.294 e. The molecular weight excluding hydrogens is 136 g/mol. The summed E-state index contributed by atoms with van der Waals surface area (Å²) in [5, 5.41) is 0. The number of carbonyl (C=O) groups is 1. The van der Waals surface area contributed by atoms with Gasteiger partial charge in [-0.2, -0.15) is 0 Å². The number of carbonyl (C=O) groups excluding carboxylic acids is 1. The first-order valence-corrected chi connectivity index (χ1v) is 3.67. The lowest BCUT2D eigenvalue weighted by atomic mass is 9.97. The Labute approximate surface area is 65.4 Å². The first kappa shape index (κ1) is 6.35. The summed E-state index contributed by atoms with van der Waals surface area (Å²) in [5.41, 5.74) is 1.90. The summed E-state index contributed by atoms with van der Waals surface area (Å²) < 4.78 is 0. The van der Waals surface area contributed by atoms with Gasteiger partial charge in [0.15, 0.2) is 5.78 Å². The van der Waals surface area contributed by atoms with Crippen LogP contribution >= 0.6 is 0 Å². The van der Waals surface area contributed by atoms with Crippen molar-refractivity contribution in [3.63, 3.8) is 0 Å². The van der Waals surface area contributed by atoms with Crippen LogP contribution in [0.2, 0.25) is 0 Å². The van der Waals surface area contributed by atoms with E-state index in [4.69, 9.17) is 0 Å². The second kappa shape index (κ2) is 2.35. The van der Waals surface area contributed by atoms with Crippen LogP contribution in [0.1, 0.15) is 22.3 Å². The molecule has 2 rings (SSSR count). The maximum Gasteiger partial charge on any atom is 0.167 e. The molecule has 0 spiro atoms. The van der Waals surface area contributed by atoms with E-state index < -0.39 is 0 Å². The van der Waals surface area contributed by atoms with E-state index in [1.165, 1.54) is 0 Å². The minimum atomic E-state index is 0.225. The monoisotopic (exact) mass is 144 g/mol. The lowest BCUT2D eigenvalue weighted by Crippen LogP contribution is -2.02. The molecule has 0 aliphatic heterocycles. The lowest BCUT2D eigenvalue weighted by Gasteiger charge is -2.07. The fraction of sp³-hybridized carbons (Fsp3) is 0.100. The Morgan fingerprint density at radius 2 is 2.00 bits per heavy atom. The molecule has 11 heavy (non-hydrogen) atoms. The van der Waals surface area contributed by atoms with Crippen molar-refractivity contribution in [2.75, 3.05) is 0 Å². The molecule has 0 unspecified atom stereocenters. The number of benzene rings is 1. The van der Waals surface area contributed by atoms with E-state index in [2.05, 4.69) is 0 Å². The average molecular weight is 144 g/mol. The zero-order chi connectivity index (χ0) is 7.68. The Morgan fingerprint density at radius 1 is 1.18 bits per heavy atom. The van der Waals surface area contributed by atoms with Gasteiger partial charge in [-0.1, -0.05) is 36.4 Å². The number of ketones is 1. The van der Waals surface area contributed by atoms with Crippen molar-refractivity contribution in [1.29, 1.82) is 0 Å². The summed E-state index contributed by atoms with van der Waals surface area (Å²) in [6.45, 7) is 0. The molecule has 1 aromatic carbocycles. The maximum atomic E-state index is 11.2. The Kier molecular flexibility index (Phi) is 1.35. The molecule has 1 aromatic rings. The van der Waals surface area contributed by atoms with Gasteiger partial charge in [0, 0.05) is 12.0 Å². The third-order valence-electron chi connectivity index (χ3n) is 1.86. The van der Waals surface area contributed by atoms with Crippen LogP contribution in [0.3, 0.4) is 0 Å². The molecule has 0 saturated carbocycles. The number of allylic oxidation sites excluding steroid dienone is 1. The van der Waals surface area contributed by atoms with E-state index in [9.17, 15) is 4.79 Å². The van der Waals surface area contributed by atoms with Crippen LogP contribution in [-0.2, 0) is 0 Å². The smallest absolute Gasteiger partial charge is 0.167 e. The zero-order valence-corrected chi connectivity index (χ0v) is 6.08. The van der Waals surface area contributed by atoms with Gasteiger partial charge in [-0.05, 0) is 5.56 Å². The van der Waals surface area contributed by atoms with Crippen LogP contribution in [0.25, 0.3) is 6.08 Å². The molecule has 54 valence electrons. The summed E-state index contributed by atoms with van der Waals surface area (Å²) in [6.07, 6.45) is 4.46. The van der Waals surface area contributed by atoms with E-state index in [0.717, 1.165) is 11.1 Å². The minimum absolute atomic E-state index is 0.225. The van der Waals surface area contributed by atoms with Crippen LogP contribution in [0, 0.1) is 0 Å². The highest BCUT2D eigenvalue weighted by molar-refractivity contribution is 6.02. The normalized spacial score (nSPS) is 14.7. The fourth-order valence-corrected chi connectivity index (χ4v) is 1.30. The third-order valence-corrected chi connectivity index (χ3v) is 1.86. The van der Waals surface area contributed by atoms with Crippen LogP contribution in [-0.4, -0.2) is 5.78 Å². The first-order valence-electron chi connectivity index (χ1n) is 3.67. The molecule has 1 heteroatoms. The average Bonchev–Trinajstić information content (AvgIpc) is 2.06. The highest BCUT2D eigenvalue weighted by Crippen LogP contribution is 2.17. The molecule has 0 saturated heterocycles. The summed E-state index contributed by atoms with van der Waals surface area (Å²) in [5.74, 6) is 0.225. The van der Waals surface area contributed by atoms with Crippen LogP contribution in [0.4, 0.5) is 0 Å². The second-order valence-corrected chi connectivity index (χ2v) is 2.62. The predicted molar refractivity (Wildman–Crippen MR) is 44.4 cm³/mol. The quantitative estimate of drug-likeness (QED) is 0.546. The Hall–Kier alpha value is -1.37. The van der Waals surface area contributed by atoms with Crippen LogP contribution in [0.5, 0.6) is 0 Å². The van der Waals surface area contributed by atoms with Crippen LogP contribution < -0.4 is 0 Å². The van der Waals surface area contributed by atoms with Gasteiger partial charge in [-0.15, -0.1) is 0 Å². The van der Waals surface area contributed by atoms with Crippen molar-refractivity contribution in [3.8, 4) is 0 Å². The lowest BCUT2D eigenvalue weighted by molar-refractivity contribution is 0.0994. The summed E-state index contributed by atoms with van der Waals surface area (Å²) in [6, 6.07) is 7.68. The number of hydrogen-bond acceptors (Lipinski definition) is 1. The number of fused-ring (bicyclic) bond motifs is 1. The molecule has 0 bridgehead atoms. The second-order valence-electron chi connectivity index (χ2n) is 2.62. The predicted octanol–water partition coefficient (Wildman–Crippen LogP) is 2.29. The van der Waals surface area contributed by atoms with E-state index in [0.29, 0.717) is 6.42 Å². The van der Waals surface area contributed by atoms with Crippen molar-refractivity contribution in [2.24, 2.45) is 0 Å². The SMILES string of the molecule is O=C1CC=Cc2ccccc21. The fourth-order valence-electron chi connectivity index (χ4n) is 1.30. The van der Waals surface area contributed by atoms with Crippen molar-refractivity contribution in [2.45, 2.75) is 6.42 Å². The Bertz CT molecular complexity index is 323. The van der Waals surface area contributed by atoms with Crippen molar-refractivity contribution < 1.29 is 4.79 Å².